The van der Waals surface area contributed by atoms with E-state index >= 15 is 0 Å². The van der Waals surface area contributed by atoms with E-state index in [1.54, 1.807) is 6.20 Å². The number of H-pyrrole nitrogens is 1. The summed E-state index contributed by atoms with van der Waals surface area (Å²) in [6.45, 7) is 4.10. The maximum Gasteiger partial charge on any atom is 0.340 e. The van der Waals surface area contributed by atoms with E-state index in [0.29, 0.717) is 11.3 Å². The number of hydrogen-bond donors (Lipinski definition) is 2. The second-order valence-electron chi connectivity index (χ2n) is 7.59. The molecule has 6 heteroatoms. The van der Waals surface area contributed by atoms with Gasteiger partial charge in [-0.25, -0.2) is 4.79 Å². The Bertz CT molecular complexity index is 1000. The summed E-state index contributed by atoms with van der Waals surface area (Å²) in [6.07, 6.45) is 4.02. The number of amides is 1. The van der Waals surface area contributed by atoms with Gasteiger partial charge in [-0.05, 0) is 49.1 Å². The van der Waals surface area contributed by atoms with Crippen molar-refractivity contribution in [3.8, 4) is 0 Å². The molecule has 0 unspecified atom stereocenters. The van der Waals surface area contributed by atoms with Gasteiger partial charge in [-0.3, -0.25) is 4.79 Å². The van der Waals surface area contributed by atoms with Crippen LogP contribution in [0, 0.1) is 5.92 Å². The molecule has 1 amide bonds. The molecule has 1 aromatic heterocycles. The fourth-order valence-electron chi connectivity index (χ4n) is 3.67. The summed E-state index contributed by atoms with van der Waals surface area (Å²) in [5.74, 6) is -0.0956. The zero-order chi connectivity index (χ0) is 20.2. The molecular formula is C23H25N3O3. The summed E-state index contributed by atoms with van der Waals surface area (Å²) in [5.41, 5.74) is 3.13. The molecule has 4 rings (SSSR count). The zero-order valence-electron chi connectivity index (χ0n) is 16.5. The van der Waals surface area contributed by atoms with Crippen molar-refractivity contribution in [3.63, 3.8) is 0 Å². The predicted octanol–water partition coefficient (Wildman–Crippen LogP) is 4.20. The quantitative estimate of drug-likeness (QED) is 0.639. The molecule has 0 spiro atoms. The monoisotopic (exact) mass is 391 g/mol. The third-order valence-corrected chi connectivity index (χ3v) is 5.44. The molecule has 2 N–H and O–H groups in total. The topological polar surface area (TPSA) is 74.4 Å². The number of anilines is 2. The molecule has 1 aliphatic heterocycles. The smallest absolute Gasteiger partial charge is 0.340 e. The van der Waals surface area contributed by atoms with Crippen LogP contribution in [0.25, 0.3) is 10.9 Å². The fraction of sp³-hybridized carbons (Fsp3) is 0.304. The molecule has 0 aliphatic carbocycles. The van der Waals surface area contributed by atoms with Crippen LogP contribution < -0.4 is 10.2 Å². The van der Waals surface area contributed by atoms with Gasteiger partial charge in [-0.1, -0.05) is 25.1 Å². The molecule has 6 nitrogen and oxygen atoms in total. The van der Waals surface area contributed by atoms with Gasteiger partial charge < -0.3 is 19.9 Å². The Balaban J connectivity index is 1.30. The maximum atomic E-state index is 12.3. The minimum atomic E-state index is -0.521. The molecular weight excluding hydrogens is 366 g/mol. The third kappa shape index (κ3) is 4.42. The first-order valence-electron chi connectivity index (χ1n) is 9.98. The van der Waals surface area contributed by atoms with Crippen LogP contribution in [0.5, 0.6) is 0 Å². The lowest BCUT2D eigenvalue weighted by Crippen LogP contribution is -2.32. The first kappa shape index (κ1) is 19.1. The van der Waals surface area contributed by atoms with Crippen LogP contribution in [-0.2, 0) is 9.53 Å². The molecule has 2 aromatic carbocycles. The summed E-state index contributed by atoms with van der Waals surface area (Å²) < 4.78 is 5.18. The SMILES string of the molecule is CC1CCN(c2ccc(NC(=O)COC(=O)c3c[nH]c4ccccc34)cc2)CC1. The number of nitrogens with one attached hydrogen (secondary N) is 2. The Morgan fingerprint density at radius 1 is 1.10 bits per heavy atom. The van der Waals surface area contributed by atoms with Gasteiger partial charge >= 0.3 is 5.97 Å². The lowest BCUT2D eigenvalue weighted by molar-refractivity contribution is -0.119. The fourth-order valence-corrected chi connectivity index (χ4v) is 3.67. The Morgan fingerprint density at radius 3 is 2.59 bits per heavy atom. The summed E-state index contributed by atoms with van der Waals surface area (Å²) >= 11 is 0. The van der Waals surface area contributed by atoms with Crippen LogP contribution in [0.2, 0.25) is 0 Å². The number of esters is 1. The lowest BCUT2D eigenvalue weighted by Gasteiger charge is -2.32. The first-order chi connectivity index (χ1) is 14.1. The minimum absolute atomic E-state index is 0.329. The first-order valence-corrected chi connectivity index (χ1v) is 9.98. The average Bonchev–Trinajstić information content (AvgIpc) is 3.17. The highest BCUT2D eigenvalue weighted by Crippen LogP contribution is 2.24. The number of rotatable bonds is 5. The number of benzene rings is 2. The number of para-hydroxylation sites is 1. The second-order valence-corrected chi connectivity index (χ2v) is 7.59. The summed E-state index contributed by atoms with van der Waals surface area (Å²) in [6, 6.07) is 15.3. The van der Waals surface area contributed by atoms with Crippen molar-refractivity contribution in [2.24, 2.45) is 5.92 Å². The number of ether oxygens (including phenoxy) is 1. The van der Waals surface area contributed by atoms with E-state index in [4.69, 9.17) is 4.74 Å². The molecule has 1 saturated heterocycles. The molecule has 1 fully saturated rings. The number of piperidine rings is 1. The molecule has 29 heavy (non-hydrogen) atoms. The highest BCUT2D eigenvalue weighted by atomic mass is 16.5. The van der Waals surface area contributed by atoms with Gasteiger partial charge in [0.1, 0.15) is 0 Å². The molecule has 0 radical (unpaired) electrons. The summed E-state index contributed by atoms with van der Waals surface area (Å²) in [5, 5.41) is 3.55. The third-order valence-electron chi connectivity index (χ3n) is 5.44. The highest BCUT2D eigenvalue weighted by Gasteiger charge is 2.17. The summed E-state index contributed by atoms with van der Waals surface area (Å²) in [4.78, 5) is 29.9. The van der Waals surface area contributed by atoms with Crippen molar-refractivity contribution in [2.45, 2.75) is 19.8 Å². The van der Waals surface area contributed by atoms with Gasteiger partial charge in [0.2, 0.25) is 0 Å². The number of carbonyl (C=O) groups is 2. The van der Waals surface area contributed by atoms with Crippen LogP contribution in [0.1, 0.15) is 30.1 Å². The van der Waals surface area contributed by atoms with E-state index in [2.05, 4.69) is 22.1 Å². The van der Waals surface area contributed by atoms with Crippen molar-refractivity contribution in [2.75, 3.05) is 29.9 Å². The predicted molar refractivity (Wildman–Crippen MR) is 114 cm³/mol. The van der Waals surface area contributed by atoms with Crippen molar-refractivity contribution in [1.82, 2.24) is 4.98 Å². The number of hydrogen-bond acceptors (Lipinski definition) is 4. The number of nitrogens with zero attached hydrogens (tertiary/aromatic N) is 1. The number of carbonyl (C=O) groups excluding carboxylic acids is 2. The molecule has 1 aliphatic rings. The van der Waals surface area contributed by atoms with Crippen LogP contribution in [0.15, 0.2) is 54.7 Å². The van der Waals surface area contributed by atoms with Gasteiger partial charge in [0.25, 0.3) is 5.91 Å². The Labute approximate surface area is 169 Å². The number of fused-ring (bicyclic) bond motifs is 1. The number of aromatic nitrogens is 1. The van der Waals surface area contributed by atoms with Crippen LogP contribution in [-0.4, -0.2) is 36.6 Å². The molecule has 3 aromatic rings. The lowest BCUT2D eigenvalue weighted by atomic mass is 9.99. The average molecular weight is 391 g/mol. The minimum Gasteiger partial charge on any atom is -0.452 e. The molecule has 0 bridgehead atoms. The van der Waals surface area contributed by atoms with Crippen LogP contribution >= 0.6 is 0 Å². The van der Waals surface area contributed by atoms with Crippen molar-refractivity contribution < 1.29 is 14.3 Å². The maximum absolute atomic E-state index is 12.3. The van der Waals surface area contributed by atoms with E-state index < -0.39 is 5.97 Å². The van der Waals surface area contributed by atoms with E-state index in [9.17, 15) is 9.59 Å². The van der Waals surface area contributed by atoms with Crippen LogP contribution in [0.4, 0.5) is 11.4 Å². The van der Waals surface area contributed by atoms with Crippen molar-refractivity contribution in [1.29, 1.82) is 0 Å². The van der Waals surface area contributed by atoms with Gasteiger partial charge in [0.05, 0.1) is 5.56 Å². The molecule has 2 heterocycles. The Morgan fingerprint density at radius 2 is 1.83 bits per heavy atom. The summed E-state index contributed by atoms with van der Waals surface area (Å²) in [7, 11) is 0. The van der Waals surface area contributed by atoms with Gasteiger partial charge in [-0.15, -0.1) is 0 Å². The van der Waals surface area contributed by atoms with Gasteiger partial charge in [0, 0.05) is 41.6 Å². The van der Waals surface area contributed by atoms with Gasteiger partial charge in [0.15, 0.2) is 6.61 Å². The van der Waals surface area contributed by atoms with E-state index in [0.717, 1.165) is 29.9 Å². The van der Waals surface area contributed by atoms with Crippen molar-refractivity contribution in [3.05, 3.63) is 60.3 Å². The molecule has 0 atom stereocenters. The van der Waals surface area contributed by atoms with E-state index in [-0.39, 0.29) is 12.5 Å². The highest BCUT2D eigenvalue weighted by molar-refractivity contribution is 6.05. The molecule has 0 saturated carbocycles. The largest absolute Gasteiger partial charge is 0.452 e. The van der Waals surface area contributed by atoms with E-state index in [1.807, 2.05) is 48.5 Å². The van der Waals surface area contributed by atoms with Gasteiger partial charge in [-0.2, -0.15) is 0 Å². The Hall–Kier alpha value is -3.28. The standard InChI is InChI=1S/C23H25N3O3/c1-16-10-12-26(13-11-16)18-8-6-17(7-9-18)25-22(27)15-29-23(28)20-14-24-21-5-3-2-4-19(20)21/h2-9,14,16,24H,10-13,15H2,1H3,(H,25,27). The normalized spacial score (nSPS) is 14.7. The number of aromatic amines is 1. The zero-order valence-corrected chi connectivity index (χ0v) is 16.5. The van der Waals surface area contributed by atoms with Crippen LogP contribution in [0.3, 0.4) is 0 Å². The van der Waals surface area contributed by atoms with Crippen molar-refractivity contribution >= 4 is 34.2 Å². The van der Waals surface area contributed by atoms with E-state index in [1.165, 1.54) is 18.5 Å². The second kappa shape index (κ2) is 8.39. The molecule has 150 valence electrons. The Kier molecular flexibility index (Phi) is 5.51.